The molecule has 1 heterocycles. The molecule has 2 nitrogen and oxygen atoms in total. The van der Waals surface area contributed by atoms with Crippen LogP contribution in [0.2, 0.25) is 0 Å². The Morgan fingerprint density at radius 3 is 2.78 bits per heavy atom. The minimum absolute atomic E-state index is 0.424. The number of nitrogens with one attached hydrogen (secondary N) is 1. The van der Waals surface area contributed by atoms with Crippen LogP contribution in [0.25, 0.3) is 0 Å². The van der Waals surface area contributed by atoms with E-state index in [1.54, 1.807) is 0 Å². The summed E-state index contributed by atoms with van der Waals surface area (Å²) in [5.41, 5.74) is 2.43. The van der Waals surface area contributed by atoms with Gasteiger partial charge in [-0.1, -0.05) is 30.3 Å². The minimum Gasteiger partial charge on any atom is -0.493 e. The molecule has 0 bridgehead atoms. The van der Waals surface area contributed by atoms with E-state index < -0.39 is 0 Å². The lowest BCUT2D eigenvalue weighted by molar-refractivity contribution is 0.334. The molecule has 0 aromatic heterocycles. The molecule has 2 aromatic rings. The molecule has 0 radical (unpaired) electrons. The summed E-state index contributed by atoms with van der Waals surface area (Å²) in [6, 6.07) is 16.4. The summed E-state index contributed by atoms with van der Waals surface area (Å²) in [6.45, 7) is 1.65. The maximum Gasteiger partial charge on any atom is 0.122 e. The van der Waals surface area contributed by atoms with E-state index >= 15 is 0 Å². The van der Waals surface area contributed by atoms with E-state index in [1.165, 1.54) is 5.56 Å². The number of rotatable bonds is 3. The zero-order valence-electron chi connectivity index (χ0n) is 9.90. The first-order valence-corrected chi connectivity index (χ1v) is 6.84. The van der Waals surface area contributed by atoms with Crippen LogP contribution in [0.15, 0.2) is 53.0 Å². The van der Waals surface area contributed by atoms with Gasteiger partial charge in [0.15, 0.2) is 0 Å². The van der Waals surface area contributed by atoms with Gasteiger partial charge in [0.2, 0.25) is 0 Å². The Bertz CT molecular complexity index is 556. The molecule has 1 N–H and O–H groups in total. The van der Waals surface area contributed by atoms with Crippen molar-refractivity contribution in [3.63, 3.8) is 0 Å². The molecule has 3 heteroatoms. The summed E-state index contributed by atoms with van der Waals surface area (Å²) in [7, 11) is 0. The Morgan fingerprint density at radius 1 is 1.11 bits per heavy atom. The lowest BCUT2D eigenvalue weighted by atomic mass is 10.0. The highest BCUT2D eigenvalue weighted by Crippen LogP contribution is 2.33. The molecule has 18 heavy (non-hydrogen) atoms. The molecule has 0 spiro atoms. The highest BCUT2D eigenvalue weighted by atomic mass is 79.9. The van der Waals surface area contributed by atoms with Crippen LogP contribution in [0.3, 0.4) is 0 Å². The SMILES string of the molecule is Brc1ccccc1NCC1COc2ccccc21. The van der Waals surface area contributed by atoms with Crippen LogP contribution in [-0.4, -0.2) is 13.2 Å². The fourth-order valence-electron chi connectivity index (χ4n) is 2.24. The molecule has 3 rings (SSSR count). The molecule has 0 saturated carbocycles. The van der Waals surface area contributed by atoms with Crippen molar-refractivity contribution in [3.8, 4) is 5.75 Å². The summed E-state index contributed by atoms with van der Waals surface area (Å²) in [4.78, 5) is 0. The molecule has 0 aliphatic carbocycles. The van der Waals surface area contributed by atoms with Gasteiger partial charge in [0.25, 0.3) is 0 Å². The fraction of sp³-hybridized carbons (Fsp3) is 0.200. The van der Waals surface area contributed by atoms with E-state index in [4.69, 9.17) is 4.74 Å². The highest BCUT2D eigenvalue weighted by Gasteiger charge is 2.23. The molecule has 92 valence electrons. The number of benzene rings is 2. The van der Waals surface area contributed by atoms with Crippen molar-refractivity contribution in [2.24, 2.45) is 0 Å². The Hall–Kier alpha value is -1.48. The second-order valence-electron chi connectivity index (χ2n) is 4.41. The molecular formula is C15H14BrNO. The van der Waals surface area contributed by atoms with Crippen LogP contribution < -0.4 is 10.1 Å². The van der Waals surface area contributed by atoms with Crippen molar-refractivity contribution in [1.29, 1.82) is 0 Å². The molecule has 1 unspecified atom stereocenters. The zero-order chi connectivity index (χ0) is 12.4. The van der Waals surface area contributed by atoms with Crippen LogP contribution in [0, 0.1) is 0 Å². The minimum atomic E-state index is 0.424. The maximum atomic E-state index is 5.68. The molecular weight excluding hydrogens is 290 g/mol. The van der Waals surface area contributed by atoms with Crippen LogP contribution in [-0.2, 0) is 0 Å². The molecule has 0 amide bonds. The average molecular weight is 304 g/mol. The van der Waals surface area contributed by atoms with Crippen molar-refractivity contribution >= 4 is 21.6 Å². The van der Waals surface area contributed by atoms with Gasteiger partial charge in [0.1, 0.15) is 5.75 Å². The van der Waals surface area contributed by atoms with Gasteiger partial charge in [-0.3, -0.25) is 0 Å². The second-order valence-corrected chi connectivity index (χ2v) is 5.26. The number of para-hydroxylation sites is 2. The third-order valence-corrected chi connectivity index (χ3v) is 3.90. The molecule has 2 aromatic carbocycles. The number of halogens is 1. The molecule has 1 aliphatic heterocycles. The summed E-state index contributed by atoms with van der Waals surface area (Å²) < 4.78 is 6.77. The van der Waals surface area contributed by atoms with Crippen molar-refractivity contribution in [3.05, 3.63) is 58.6 Å². The zero-order valence-corrected chi connectivity index (χ0v) is 11.5. The van der Waals surface area contributed by atoms with E-state index in [2.05, 4.69) is 39.4 Å². The third kappa shape index (κ3) is 2.23. The Morgan fingerprint density at radius 2 is 1.89 bits per heavy atom. The van der Waals surface area contributed by atoms with E-state index in [-0.39, 0.29) is 0 Å². The van der Waals surface area contributed by atoms with Crippen molar-refractivity contribution in [1.82, 2.24) is 0 Å². The standard InChI is InChI=1S/C15H14BrNO/c16-13-6-2-3-7-14(13)17-9-11-10-18-15-8-4-1-5-12(11)15/h1-8,11,17H,9-10H2. The Balaban J connectivity index is 1.71. The number of hydrogen-bond donors (Lipinski definition) is 1. The van der Waals surface area contributed by atoms with Gasteiger partial charge in [-0.15, -0.1) is 0 Å². The Labute approximate surface area is 115 Å². The lowest BCUT2D eigenvalue weighted by Crippen LogP contribution is -2.14. The topological polar surface area (TPSA) is 21.3 Å². The first-order valence-electron chi connectivity index (χ1n) is 6.05. The molecule has 0 saturated heterocycles. The van der Waals surface area contributed by atoms with Crippen molar-refractivity contribution < 1.29 is 4.74 Å². The maximum absolute atomic E-state index is 5.68. The quantitative estimate of drug-likeness (QED) is 0.924. The second kappa shape index (κ2) is 5.02. The van der Waals surface area contributed by atoms with Crippen LogP contribution >= 0.6 is 15.9 Å². The predicted molar refractivity (Wildman–Crippen MR) is 77.3 cm³/mol. The number of hydrogen-bond acceptors (Lipinski definition) is 2. The van der Waals surface area contributed by atoms with Gasteiger partial charge in [-0.2, -0.15) is 0 Å². The van der Waals surface area contributed by atoms with Gasteiger partial charge in [-0.25, -0.2) is 0 Å². The molecule has 1 aliphatic rings. The Kier molecular flexibility index (Phi) is 3.24. The first-order chi connectivity index (χ1) is 8.84. The van der Waals surface area contributed by atoms with E-state index in [1.807, 2.05) is 30.3 Å². The number of ether oxygens (including phenoxy) is 1. The first kappa shape index (κ1) is 11.6. The number of anilines is 1. The molecule has 1 atom stereocenters. The van der Waals surface area contributed by atoms with Crippen LogP contribution in [0.4, 0.5) is 5.69 Å². The predicted octanol–water partition coefficient (Wildman–Crippen LogP) is 4.04. The highest BCUT2D eigenvalue weighted by molar-refractivity contribution is 9.10. The summed E-state index contributed by atoms with van der Waals surface area (Å²) in [5, 5.41) is 3.47. The van der Waals surface area contributed by atoms with Gasteiger partial charge in [0.05, 0.1) is 6.61 Å². The largest absolute Gasteiger partial charge is 0.493 e. The van der Waals surface area contributed by atoms with Crippen molar-refractivity contribution in [2.45, 2.75) is 5.92 Å². The molecule has 0 fully saturated rings. The normalized spacial score (nSPS) is 17.1. The van der Waals surface area contributed by atoms with Gasteiger partial charge >= 0.3 is 0 Å². The van der Waals surface area contributed by atoms with Gasteiger partial charge in [0, 0.05) is 28.2 Å². The fourth-order valence-corrected chi connectivity index (χ4v) is 2.66. The smallest absolute Gasteiger partial charge is 0.122 e. The average Bonchev–Trinajstić information content (AvgIpc) is 2.81. The van der Waals surface area contributed by atoms with Gasteiger partial charge in [-0.05, 0) is 34.1 Å². The van der Waals surface area contributed by atoms with E-state index in [9.17, 15) is 0 Å². The lowest BCUT2D eigenvalue weighted by Gasteiger charge is -2.12. The summed E-state index contributed by atoms with van der Waals surface area (Å²) in [5.74, 6) is 1.45. The third-order valence-electron chi connectivity index (χ3n) is 3.21. The monoisotopic (exact) mass is 303 g/mol. The van der Waals surface area contributed by atoms with Crippen LogP contribution in [0.5, 0.6) is 5.75 Å². The van der Waals surface area contributed by atoms with E-state index in [0.717, 1.165) is 29.1 Å². The van der Waals surface area contributed by atoms with Gasteiger partial charge < -0.3 is 10.1 Å². The summed E-state index contributed by atoms with van der Waals surface area (Å²) in [6.07, 6.45) is 0. The summed E-state index contributed by atoms with van der Waals surface area (Å²) >= 11 is 3.54. The van der Waals surface area contributed by atoms with E-state index in [0.29, 0.717) is 5.92 Å². The number of fused-ring (bicyclic) bond motifs is 1. The van der Waals surface area contributed by atoms with Crippen molar-refractivity contribution in [2.75, 3.05) is 18.5 Å². The van der Waals surface area contributed by atoms with Crippen LogP contribution in [0.1, 0.15) is 11.5 Å².